The van der Waals surface area contributed by atoms with E-state index >= 15 is 0 Å². The second-order valence-corrected chi connectivity index (χ2v) is 8.57. The Hall–Kier alpha value is -3.31. The molecule has 5 nitrogen and oxygen atoms in total. The highest BCUT2D eigenvalue weighted by Crippen LogP contribution is 2.29. The standard InChI is InChI=1S/C27H30N4O/c1-20(16-22-10-6-4-7-11-22)17-30(3)19-25-28-21(2)24-14-15-26(32)31(27(24)29-25)18-23-12-8-5-9-13-23/h4-13,16H,14-15,17-19H2,1-3H3. The third-order valence-electron chi connectivity index (χ3n) is 5.71. The number of likely N-dealkylation sites (N-methyl/N-ethyl adjacent to an activating group) is 1. The van der Waals surface area contributed by atoms with Crippen molar-refractivity contribution in [1.82, 2.24) is 14.9 Å². The third kappa shape index (κ3) is 5.29. The third-order valence-corrected chi connectivity index (χ3v) is 5.71. The fourth-order valence-electron chi connectivity index (χ4n) is 4.24. The molecule has 0 fully saturated rings. The van der Waals surface area contributed by atoms with E-state index in [0.717, 1.165) is 35.0 Å². The van der Waals surface area contributed by atoms with Crippen molar-refractivity contribution in [3.8, 4) is 0 Å². The number of rotatable bonds is 7. The minimum atomic E-state index is 0.125. The van der Waals surface area contributed by atoms with E-state index in [-0.39, 0.29) is 5.91 Å². The highest BCUT2D eigenvalue weighted by Gasteiger charge is 2.28. The molecule has 32 heavy (non-hydrogen) atoms. The summed E-state index contributed by atoms with van der Waals surface area (Å²) < 4.78 is 0. The van der Waals surface area contributed by atoms with Crippen LogP contribution in [0.25, 0.3) is 6.08 Å². The fourth-order valence-corrected chi connectivity index (χ4v) is 4.24. The van der Waals surface area contributed by atoms with E-state index in [2.05, 4.69) is 49.2 Å². The van der Waals surface area contributed by atoms with Gasteiger partial charge in [-0.15, -0.1) is 0 Å². The van der Waals surface area contributed by atoms with E-state index in [9.17, 15) is 4.79 Å². The summed E-state index contributed by atoms with van der Waals surface area (Å²) in [6, 6.07) is 20.4. The first-order valence-electron chi connectivity index (χ1n) is 11.1. The molecule has 0 saturated carbocycles. The van der Waals surface area contributed by atoms with Crippen molar-refractivity contribution in [1.29, 1.82) is 0 Å². The molecule has 0 N–H and O–H groups in total. The van der Waals surface area contributed by atoms with E-state index in [4.69, 9.17) is 9.97 Å². The summed E-state index contributed by atoms with van der Waals surface area (Å²) in [5.41, 5.74) is 5.64. The Morgan fingerprint density at radius 3 is 2.44 bits per heavy atom. The number of fused-ring (bicyclic) bond motifs is 1. The summed E-state index contributed by atoms with van der Waals surface area (Å²) in [5.74, 6) is 1.65. The lowest BCUT2D eigenvalue weighted by molar-refractivity contribution is -0.119. The number of nitrogens with zero attached hydrogens (tertiary/aromatic N) is 4. The van der Waals surface area contributed by atoms with Crippen LogP contribution in [0, 0.1) is 6.92 Å². The van der Waals surface area contributed by atoms with Gasteiger partial charge in [-0.3, -0.25) is 14.6 Å². The molecule has 3 aromatic rings. The monoisotopic (exact) mass is 426 g/mol. The van der Waals surface area contributed by atoms with Crippen LogP contribution in [0.4, 0.5) is 5.82 Å². The number of hydrogen-bond acceptors (Lipinski definition) is 4. The van der Waals surface area contributed by atoms with Crippen LogP contribution in [-0.4, -0.2) is 34.4 Å². The first-order chi connectivity index (χ1) is 15.5. The van der Waals surface area contributed by atoms with Gasteiger partial charge in [0.15, 0.2) is 0 Å². The number of benzene rings is 2. The number of anilines is 1. The van der Waals surface area contributed by atoms with Gasteiger partial charge in [0.2, 0.25) is 5.91 Å². The molecule has 0 spiro atoms. The molecule has 5 heteroatoms. The van der Waals surface area contributed by atoms with Gasteiger partial charge < -0.3 is 0 Å². The van der Waals surface area contributed by atoms with Gasteiger partial charge in [-0.05, 0) is 38.4 Å². The second-order valence-electron chi connectivity index (χ2n) is 8.57. The van der Waals surface area contributed by atoms with Crippen LogP contribution in [-0.2, 0) is 24.3 Å². The summed E-state index contributed by atoms with van der Waals surface area (Å²) in [4.78, 5) is 26.4. The normalized spacial score (nSPS) is 14.1. The Bertz CT molecular complexity index is 1110. The van der Waals surface area contributed by atoms with Crippen LogP contribution >= 0.6 is 0 Å². The van der Waals surface area contributed by atoms with Gasteiger partial charge in [0.1, 0.15) is 11.6 Å². The summed E-state index contributed by atoms with van der Waals surface area (Å²) in [6.07, 6.45) is 3.42. The molecular formula is C27H30N4O. The molecule has 164 valence electrons. The zero-order chi connectivity index (χ0) is 22.5. The van der Waals surface area contributed by atoms with Crippen LogP contribution in [0.2, 0.25) is 0 Å². The average molecular weight is 427 g/mol. The number of carbonyl (C=O) groups excluding carboxylic acids is 1. The Morgan fingerprint density at radius 2 is 1.72 bits per heavy atom. The van der Waals surface area contributed by atoms with E-state index in [1.807, 2.05) is 48.2 Å². The van der Waals surface area contributed by atoms with Gasteiger partial charge in [-0.1, -0.05) is 72.3 Å². The molecule has 1 aliphatic rings. The smallest absolute Gasteiger partial charge is 0.228 e. The van der Waals surface area contributed by atoms with Crippen molar-refractivity contribution in [2.75, 3.05) is 18.5 Å². The zero-order valence-electron chi connectivity index (χ0n) is 19.1. The first kappa shape index (κ1) is 21.9. The van der Waals surface area contributed by atoms with Crippen molar-refractivity contribution in [2.24, 2.45) is 0 Å². The molecule has 0 atom stereocenters. The maximum absolute atomic E-state index is 12.8. The van der Waals surface area contributed by atoms with Crippen molar-refractivity contribution in [3.05, 3.63) is 94.4 Å². The summed E-state index contributed by atoms with van der Waals surface area (Å²) in [7, 11) is 2.08. The quantitative estimate of drug-likeness (QED) is 0.545. The van der Waals surface area contributed by atoms with Gasteiger partial charge in [0.05, 0.1) is 13.1 Å². The van der Waals surface area contributed by atoms with Crippen molar-refractivity contribution >= 4 is 17.8 Å². The number of aromatic nitrogens is 2. The van der Waals surface area contributed by atoms with E-state index in [0.29, 0.717) is 25.9 Å². The summed E-state index contributed by atoms with van der Waals surface area (Å²) in [5, 5.41) is 0. The highest BCUT2D eigenvalue weighted by atomic mass is 16.2. The Labute approximate surface area is 190 Å². The maximum Gasteiger partial charge on any atom is 0.228 e. The lowest BCUT2D eigenvalue weighted by atomic mass is 10.0. The molecule has 1 aliphatic heterocycles. The molecule has 1 amide bonds. The highest BCUT2D eigenvalue weighted by molar-refractivity contribution is 5.95. The van der Waals surface area contributed by atoms with Crippen LogP contribution in [0.15, 0.2) is 66.2 Å². The second kappa shape index (κ2) is 9.88. The predicted octanol–water partition coefficient (Wildman–Crippen LogP) is 4.80. The first-order valence-corrected chi connectivity index (χ1v) is 11.1. The van der Waals surface area contributed by atoms with Gasteiger partial charge in [-0.2, -0.15) is 0 Å². The predicted molar refractivity (Wildman–Crippen MR) is 129 cm³/mol. The van der Waals surface area contributed by atoms with E-state index in [1.165, 1.54) is 11.1 Å². The van der Waals surface area contributed by atoms with Gasteiger partial charge in [0.25, 0.3) is 0 Å². The van der Waals surface area contributed by atoms with Crippen LogP contribution < -0.4 is 4.90 Å². The molecule has 2 heterocycles. The molecule has 2 aromatic carbocycles. The van der Waals surface area contributed by atoms with Gasteiger partial charge in [0, 0.05) is 24.2 Å². The minimum absolute atomic E-state index is 0.125. The van der Waals surface area contributed by atoms with E-state index < -0.39 is 0 Å². The Kier molecular flexibility index (Phi) is 6.76. The maximum atomic E-state index is 12.8. The SMILES string of the molecule is CC(=Cc1ccccc1)CN(C)Cc1nc(C)c2c(n1)N(Cc1ccccc1)C(=O)CC2. The summed E-state index contributed by atoms with van der Waals surface area (Å²) in [6.45, 7) is 6.16. The van der Waals surface area contributed by atoms with Crippen LogP contribution in [0.5, 0.6) is 0 Å². The molecule has 0 radical (unpaired) electrons. The van der Waals surface area contributed by atoms with Gasteiger partial charge in [-0.25, -0.2) is 9.97 Å². The Morgan fingerprint density at radius 1 is 1.03 bits per heavy atom. The molecule has 0 bridgehead atoms. The minimum Gasteiger partial charge on any atom is -0.295 e. The fraction of sp³-hybridized carbons (Fsp3) is 0.296. The van der Waals surface area contributed by atoms with Crippen molar-refractivity contribution in [2.45, 2.75) is 39.8 Å². The molecule has 4 rings (SSSR count). The number of carbonyl (C=O) groups is 1. The number of aryl methyl sites for hydroxylation is 1. The lowest BCUT2D eigenvalue weighted by Gasteiger charge is -2.30. The molecule has 0 unspecified atom stereocenters. The van der Waals surface area contributed by atoms with E-state index in [1.54, 1.807) is 0 Å². The molecular weight excluding hydrogens is 396 g/mol. The summed E-state index contributed by atoms with van der Waals surface area (Å²) >= 11 is 0. The molecule has 1 aromatic heterocycles. The van der Waals surface area contributed by atoms with Crippen molar-refractivity contribution in [3.63, 3.8) is 0 Å². The molecule has 0 aliphatic carbocycles. The average Bonchev–Trinajstić information content (AvgIpc) is 2.77. The zero-order valence-corrected chi connectivity index (χ0v) is 19.1. The van der Waals surface area contributed by atoms with Crippen LogP contribution in [0.1, 0.15) is 41.6 Å². The molecule has 0 saturated heterocycles. The largest absolute Gasteiger partial charge is 0.295 e. The van der Waals surface area contributed by atoms with Gasteiger partial charge >= 0.3 is 0 Å². The Balaban J connectivity index is 1.52. The number of hydrogen-bond donors (Lipinski definition) is 0. The lowest BCUT2D eigenvalue weighted by Crippen LogP contribution is -2.36. The van der Waals surface area contributed by atoms with Crippen LogP contribution in [0.3, 0.4) is 0 Å². The number of amides is 1. The topological polar surface area (TPSA) is 49.3 Å². The van der Waals surface area contributed by atoms with Crippen molar-refractivity contribution < 1.29 is 4.79 Å².